The third kappa shape index (κ3) is 3.64. The van der Waals surface area contributed by atoms with Crippen molar-refractivity contribution in [2.75, 3.05) is 18.5 Å². The third-order valence-electron chi connectivity index (χ3n) is 4.64. The number of nitrogens with zero attached hydrogens (tertiary/aromatic N) is 4. The number of benzene rings is 1. The van der Waals surface area contributed by atoms with Crippen LogP contribution in [0.5, 0.6) is 0 Å². The van der Waals surface area contributed by atoms with Gasteiger partial charge in [-0.2, -0.15) is 5.10 Å². The Labute approximate surface area is 147 Å². The number of hydrogen-bond donors (Lipinski definition) is 1. The maximum Gasteiger partial charge on any atom is 0.163 e. The number of rotatable bonds is 6. The minimum Gasteiger partial charge on any atom is -0.376 e. The fourth-order valence-electron chi connectivity index (χ4n) is 3.23. The summed E-state index contributed by atoms with van der Waals surface area (Å²) in [6.07, 6.45) is 6.08. The van der Waals surface area contributed by atoms with Gasteiger partial charge in [-0.15, -0.1) is 0 Å². The Kier molecular flexibility index (Phi) is 4.61. The van der Waals surface area contributed by atoms with Crippen LogP contribution in [0.1, 0.15) is 24.2 Å². The fraction of sp³-hybridized carbons (Fsp3) is 0.421. The molecule has 3 heterocycles. The summed E-state index contributed by atoms with van der Waals surface area (Å²) >= 11 is 0. The van der Waals surface area contributed by atoms with Crippen molar-refractivity contribution in [2.24, 2.45) is 7.05 Å². The molecule has 1 atom stereocenters. The van der Waals surface area contributed by atoms with Crippen molar-refractivity contribution in [2.45, 2.75) is 31.8 Å². The molecular weight excluding hydrogens is 314 g/mol. The Hall–Kier alpha value is -2.47. The summed E-state index contributed by atoms with van der Waals surface area (Å²) in [5.74, 6) is 1.70. The zero-order chi connectivity index (χ0) is 17.1. The molecule has 0 radical (unpaired) electrons. The molecule has 6 heteroatoms. The van der Waals surface area contributed by atoms with Crippen LogP contribution < -0.4 is 5.32 Å². The van der Waals surface area contributed by atoms with Gasteiger partial charge in [-0.25, -0.2) is 9.97 Å². The molecule has 0 aliphatic carbocycles. The summed E-state index contributed by atoms with van der Waals surface area (Å²) in [6.45, 7) is 1.64. The lowest BCUT2D eigenvalue weighted by Gasteiger charge is -2.13. The Morgan fingerprint density at radius 2 is 2.08 bits per heavy atom. The predicted molar refractivity (Wildman–Crippen MR) is 97.6 cm³/mol. The quantitative estimate of drug-likeness (QED) is 0.749. The highest BCUT2D eigenvalue weighted by molar-refractivity contribution is 5.86. The average molecular weight is 337 g/mol. The highest BCUT2D eigenvalue weighted by atomic mass is 16.5. The monoisotopic (exact) mass is 337 g/mol. The molecule has 1 aliphatic heterocycles. The average Bonchev–Trinajstić information content (AvgIpc) is 3.29. The van der Waals surface area contributed by atoms with Gasteiger partial charge in [0.25, 0.3) is 0 Å². The van der Waals surface area contributed by atoms with E-state index in [2.05, 4.69) is 34.7 Å². The van der Waals surface area contributed by atoms with Gasteiger partial charge >= 0.3 is 0 Å². The Morgan fingerprint density at radius 1 is 1.20 bits per heavy atom. The van der Waals surface area contributed by atoms with E-state index in [-0.39, 0.29) is 6.10 Å². The summed E-state index contributed by atoms with van der Waals surface area (Å²) in [5, 5.41) is 8.75. The molecule has 1 saturated heterocycles. The number of ether oxygens (including phenoxy) is 1. The molecule has 0 amide bonds. The molecule has 0 spiro atoms. The van der Waals surface area contributed by atoms with Crippen LogP contribution in [0, 0.1) is 0 Å². The van der Waals surface area contributed by atoms with Gasteiger partial charge in [-0.1, -0.05) is 30.3 Å². The molecule has 2 aromatic heterocycles. The number of aryl methyl sites for hydroxylation is 3. The summed E-state index contributed by atoms with van der Waals surface area (Å²) in [4.78, 5) is 9.47. The lowest BCUT2D eigenvalue weighted by molar-refractivity contribution is 0.120. The zero-order valence-corrected chi connectivity index (χ0v) is 14.5. The number of nitrogens with one attached hydrogen (secondary N) is 1. The van der Waals surface area contributed by atoms with Crippen LogP contribution in [0.25, 0.3) is 11.0 Å². The molecule has 0 saturated carbocycles. The lowest BCUT2D eigenvalue weighted by atomic mass is 10.1. The topological polar surface area (TPSA) is 64.9 Å². The van der Waals surface area contributed by atoms with Crippen molar-refractivity contribution in [1.82, 2.24) is 19.7 Å². The van der Waals surface area contributed by atoms with Gasteiger partial charge in [0.1, 0.15) is 11.6 Å². The first-order chi connectivity index (χ1) is 12.3. The van der Waals surface area contributed by atoms with Gasteiger partial charge in [-0.05, 0) is 24.8 Å². The molecule has 1 fully saturated rings. The highest BCUT2D eigenvalue weighted by Gasteiger charge is 2.17. The van der Waals surface area contributed by atoms with Crippen molar-refractivity contribution >= 4 is 16.9 Å². The molecule has 1 aliphatic rings. The van der Waals surface area contributed by atoms with E-state index in [1.807, 2.05) is 19.3 Å². The van der Waals surface area contributed by atoms with Crippen molar-refractivity contribution in [1.29, 1.82) is 0 Å². The number of hydrogen-bond acceptors (Lipinski definition) is 5. The Bertz CT molecular complexity index is 840. The van der Waals surface area contributed by atoms with E-state index in [0.29, 0.717) is 0 Å². The first-order valence-corrected chi connectivity index (χ1v) is 8.87. The highest BCUT2D eigenvalue weighted by Crippen LogP contribution is 2.21. The molecule has 0 bridgehead atoms. The van der Waals surface area contributed by atoms with Crippen LogP contribution in [0.2, 0.25) is 0 Å². The van der Waals surface area contributed by atoms with Crippen molar-refractivity contribution in [3.05, 3.63) is 47.9 Å². The van der Waals surface area contributed by atoms with Gasteiger partial charge in [-0.3, -0.25) is 4.68 Å². The van der Waals surface area contributed by atoms with E-state index in [1.54, 1.807) is 4.68 Å². The van der Waals surface area contributed by atoms with Crippen LogP contribution in [-0.2, 0) is 24.6 Å². The zero-order valence-electron chi connectivity index (χ0n) is 14.5. The summed E-state index contributed by atoms with van der Waals surface area (Å²) in [7, 11) is 1.92. The standard InChI is InChI=1S/C19H23N5O/c1-24-19-16(13-21-24)18(20-12-15-8-5-11-25-15)22-17(23-19)10-9-14-6-3-2-4-7-14/h2-4,6-7,13,15H,5,8-12H2,1H3,(H,20,22,23)/t15-/m0/s1. The van der Waals surface area contributed by atoms with Crippen molar-refractivity contribution < 1.29 is 4.74 Å². The van der Waals surface area contributed by atoms with Gasteiger partial charge in [0.15, 0.2) is 5.65 Å². The molecule has 4 rings (SSSR count). The molecular formula is C19H23N5O. The van der Waals surface area contributed by atoms with Crippen LogP contribution in [0.4, 0.5) is 5.82 Å². The Balaban J connectivity index is 1.55. The maximum absolute atomic E-state index is 5.70. The Morgan fingerprint density at radius 3 is 2.88 bits per heavy atom. The first kappa shape index (κ1) is 16.0. The molecule has 1 N–H and O–H groups in total. The van der Waals surface area contributed by atoms with Crippen LogP contribution in [-0.4, -0.2) is 39.0 Å². The molecule has 0 unspecified atom stereocenters. The van der Waals surface area contributed by atoms with E-state index in [9.17, 15) is 0 Å². The van der Waals surface area contributed by atoms with E-state index >= 15 is 0 Å². The minimum absolute atomic E-state index is 0.273. The van der Waals surface area contributed by atoms with Crippen LogP contribution in [0.15, 0.2) is 36.5 Å². The SMILES string of the molecule is Cn1ncc2c(NC[C@@H]3CCCO3)nc(CCc3ccccc3)nc21. The number of fused-ring (bicyclic) bond motifs is 1. The van der Waals surface area contributed by atoms with Crippen LogP contribution in [0.3, 0.4) is 0 Å². The largest absolute Gasteiger partial charge is 0.376 e. The second-order valence-corrected chi connectivity index (χ2v) is 6.50. The summed E-state index contributed by atoms with van der Waals surface area (Å²) < 4.78 is 7.51. The molecule has 25 heavy (non-hydrogen) atoms. The maximum atomic E-state index is 5.70. The van der Waals surface area contributed by atoms with E-state index < -0.39 is 0 Å². The molecule has 130 valence electrons. The summed E-state index contributed by atoms with van der Waals surface area (Å²) in [6, 6.07) is 10.4. The molecule has 3 aromatic rings. The van der Waals surface area contributed by atoms with Gasteiger partial charge in [0.05, 0.1) is 17.7 Å². The summed E-state index contributed by atoms with van der Waals surface area (Å²) in [5.41, 5.74) is 2.16. The van der Waals surface area contributed by atoms with Gasteiger partial charge in [0, 0.05) is 26.6 Å². The minimum atomic E-state index is 0.273. The molecule has 6 nitrogen and oxygen atoms in total. The molecule has 1 aromatic carbocycles. The smallest absolute Gasteiger partial charge is 0.163 e. The second kappa shape index (κ2) is 7.19. The van der Waals surface area contributed by atoms with Gasteiger partial charge < -0.3 is 10.1 Å². The number of anilines is 1. The van der Waals surface area contributed by atoms with Gasteiger partial charge in [0.2, 0.25) is 0 Å². The van der Waals surface area contributed by atoms with Crippen LogP contribution >= 0.6 is 0 Å². The lowest BCUT2D eigenvalue weighted by Crippen LogP contribution is -2.19. The normalized spacial score (nSPS) is 17.2. The van der Waals surface area contributed by atoms with Crippen molar-refractivity contribution in [3.63, 3.8) is 0 Å². The third-order valence-corrected chi connectivity index (χ3v) is 4.64. The van der Waals surface area contributed by atoms with E-state index in [4.69, 9.17) is 14.7 Å². The van der Waals surface area contributed by atoms with E-state index in [0.717, 1.165) is 61.5 Å². The first-order valence-electron chi connectivity index (χ1n) is 8.87. The fourth-order valence-corrected chi connectivity index (χ4v) is 3.23. The van der Waals surface area contributed by atoms with E-state index in [1.165, 1.54) is 5.56 Å². The van der Waals surface area contributed by atoms with Crippen molar-refractivity contribution in [3.8, 4) is 0 Å². The second-order valence-electron chi connectivity index (χ2n) is 6.50. The number of aromatic nitrogens is 4. The predicted octanol–water partition coefficient (Wildman–Crippen LogP) is 2.74.